The number of aryl methyl sites for hydroxylation is 2. The van der Waals surface area contributed by atoms with E-state index in [0.29, 0.717) is 22.6 Å². The second-order valence-corrected chi connectivity index (χ2v) is 10.4. The van der Waals surface area contributed by atoms with E-state index >= 15 is 0 Å². The predicted molar refractivity (Wildman–Crippen MR) is 117 cm³/mol. The molecule has 0 fully saturated rings. The lowest BCUT2D eigenvalue weighted by Crippen LogP contribution is -2.40. The Hall–Kier alpha value is -2.29. The summed E-state index contributed by atoms with van der Waals surface area (Å²) < 4.78 is 16.8. The van der Waals surface area contributed by atoms with Crippen LogP contribution in [-0.4, -0.2) is 28.8 Å². The van der Waals surface area contributed by atoms with Gasteiger partial charge in [0.25, 0.3) is 5.56 Å². The van der Waals surface area contributed by atoms with Gasteiger partial charge in [-0.15, -0.1) is 4.72 Å². The van der Waals surface area contributed by atoms with E-state index in [9.17, 15) is 9.35 Å². The van der Waals surface area contributed by atoms with Crippen molar-refractivity contribution in [2.45, 2.75) is 52.3 Å². The van der Waals surface area contributed by atoms with Crippen molar-refractivity contribution in [3.63, 3.8) is 0 Å². The van der Waals surface area contributed by atoms with Gasteiger partial charge in [0.05, 0.1) is 16.9 Å². The molecule has 3 rings (SSSR count). The molecule has 2 heterocycles. The zero-order valence-corrected chi connectivity index (χ0v) is 18.7. The number of benzene rings is 1. The molecule has 0 saturated carbocycles. The molecule has 0 bridgehead atoms. The van der Waals surface area contributed by atoms with Crippen molar-refractivity contribution in [1.29, 1.82) is 0 Å². The monoisotopic (exact) mass is 413 g/mol. The number of hydrogen-bond donors (Lipinski definition) is 1. The molecule has 0 unspecified atom stereocenters. The highest BCUT2D eigenvalue weighted by Crippen LogP contribution is 2.27. The number of aromatic nitrogens is 4. The third-order valence-electron chi connectivity index (χ3n) is 4.64. The van der Waals surface area contributed by atoms with E-state index in [0.717, 1.165) is 16.7 Å². The highest BCUT2D eigenvalue weighted by atomic mass is 32.2. The summed E-state index contributed by atoms with van der Waals surface area (Å²) in [6, 6.07) is 3.55. The molecule has 0 aliphatic rings. The fourth-order valence-electron chi connectivity index (χ4n) is 2.99. The van der Waals surface area contributed by atoms with Gasteiger partial charge in [0.15, 0.2) is 11.6 Å². The molecular formula is C21H27N5O2S. The van der Waals surface area contributed by atoms with Crippen molar-refractivity contribution in [3.8, 4) is 11.6 Å². The Morgan fingerprint density at radius 3 is 2.34 bits per heavy atom. The highest BCUT2D eigenvalue weighted by molar-refractivity contribution is 7.90. The summed E-state index contributed by atoms with van der Waals surface area (Å²) in [4.78, 5) is 26.5. The van der Waals surface area contributed by atoms with Gasteiger partial charge in [-0.1, -0.05) is 6.07 Å². The minimum atomic E-state index is -1.26. The molecular weight excluding hydrogens is 386 g/mol. The molecule has 154 valence electrons. The molecule has 1 aromatic carbocycles. The van der Waals surface area contributed by atoms with Crippen LogP contribution < -0.4 is 10.3 Å². The molecule has 0 saturated heterocycles. The Kier molecular flexibility index (Phi) is 5.80. The number of rotatable bonds is 4. The van der Waals surface area contributed by atoms with Crippen molar-refractivity contribution in [3.05, 3.63) is 51.6 Å². The van der Waals surface area contributed by atoms with E-state index in [1.54, 1.807) is 19.4 Å². The molecule has 29 heavy (non-hydrogen) atoms. The lowest BCUT2D eigenvalue weighted by Gasteiger charge is -2.27. The fraction of sp³-hybridized carbons (Fsp3) is 0.429. The fourth-order valence-corrected chi connectivity index (χ4v) is 3.79. The Balaban J connectivity index is 2.20. The summed E-state index contributed by atoms with van der Waals surface area (Å²) in [5.74, 6) is 0.791. The molecule has 2 aromatic heterocycles. The second kappa shape index (κ2) is 7.85. The zero-order valence-electron chi connectivity index (χ0n) is 17.9. The lowest BCUT2D eigenvalue weighted by atomic mass is 10.0. The Morgan fingerprint density at radius 1 is 1.14 bits per heavy atom. The first-order valence-electron chi connectivity index (χ1n) is 9.47. The summed E-state index contributed by atoms with van der Waals surface area (Å²) in [6.45, 7) is 11.5. The molecule has 8 heteroatoms. The van der Waals surface area contributed by atoms with Gasteiger partial charge >= 0.3 is 0 Å². The van der Waals surface area contributed by atoms with Crippen LogP contribution in [0, 0.1) is 13.8 Å². The van der Waals surface area contributed by atoms with Crippen LogP contribution in [-0.2, 0) is 18.4 Å². The summed E-state index contributed by atoms with van der Waals surface area (Å²) in [6.07, 6.45) is 3.40. The van der Waals surface area contributed by atoms with Gasteiger partial charge in [0.1, 0.15) is 4.75 Å². The molecule has 2 atom stereocenters. The minimum Gasteiger partial charge on any atom is -0.598 e. The first kappa shape index (κ1) is 21.4. The first-order chi connectivity index (χ1) is 13.5. The van der Waals surface area contributed by atoms with Crippen molar-refractivity contribution in [2.24, 2.45) is 7.05 Å². The minimum absolute atomic E-state index is 0.164. The molecule has 0 amide bonds. The van der Waals surface area contributed by atoms with Crippen molar-refractivity contribution >= 4 is 22.3 Å². The zero-order chi connectivity index (χ0) is 21.5. The van der Waals surface area contributed by atoms with Crippen LogP contribution in [0.3, 0.4) is 0 Å². The van der Waals surface area contributed by atoms with E-state index in [1.807, 2.05) is 53.7 Å². The third kappa shape index (κ3) is 4.34. The molecule has 0 spiro atoms. The van der Waals surface area contributed by atoms with E-state index in [2.05, 4.69) is 14.7 Å². The third-order valence-corrected chi connectivity index (χ3v) is 6.32. The van der Waals surface area contributed by atoms with E-state index in [1.165, 1.54) is 4.57 Å². The number of hydrogen-bond acceptors (Lipinski definition) is 6. The lowest BCUT2D eigenvalue weighted by molar-refractivity contribution is 0.531. The Morgan fingerprint density at radius 2 is 1.76 bits per heavy atom. The van der Waals surface area contributed by atoms with Crippen LogP contribution in [0.25, 0.3) is 22.6 Å². The molecule has 0 aliphatic carbocycles. The number of nitrogens with zero attached hydrogens (tertiary/aromatic N) is 4. The molecule has 0 aliphatic heterocycles. The van der Waals surface area contributed by atoms with Crippen LogP contribution >= 0.6 is 0 Å². The maximum atomic E-state index is 13.1. The molecule has 3 aromatic rings. The summed E-state index contributed by atoms with van der Waals surface area (Å²) in [7, 11) is 1.67. The van der Waals surface area contributed by atoms with Gasteiger partial charge in [-0.25, -0.2) is 15.0 Å². The van der Waals surface area contributed by atoms with Crippen molar-refractivity contribution in [1.82, 2.24) is 24.2 Å². The van der Waals surface area contributed by atoms with E-state index in [4.69, 9.17) is 4.98 Å². The standard InChI is InChI=1S/C21H27N5O2S/c1-12-8-15(14(3)25-29(28)21(4,5)6)17-16(9-12)20(27)26(7)19(24-17)18-22-10-13(2)11-23-18/h8-11,14,25H,1-7H3/t14-,29-/m1/s1. The highest BCUT2D eigenvalue weighted by Gasteiger charge is 2.29. The quantitative estimate of drug-likeness (QED) is 0.660. The van der Waals surface area contributed by atoms with Gasteiger partial charge in [-0.2, -0.15) is 0 Å². The smallest absolute Gasteiger partial charge is 0.261 e. The van der Waals surface area contributed by atoms with Crippen LogP contribution in [0.4, 0.5) is 0 Å². The van der Waals surface area contributed by atoms with Crippen LogP contribution in [0.15, 0.2) is 29.3 Å². The van der Waals surface area contributed by atoms with E-state index < -0.39 is 16.1 Å². The number of nitrogens with one attached hydrogen (secondary N) is 1. The van der Waals surface area contributed by atoms with Gasteiger partial charge in [-0.05, 0) is 58.7 Å². The average Bonchev–Trinajstić information content (AvgIpc) is 2.64. The Bertz CT molecular complexity index is 1100. The maximum Gasteiger partial charge on any atom is 0.261 e. The number of fused-ring (bicyclic) bond motifs is 1. The largest absolute Gasteiger partial charge is 0.598 e. The topological polar surface area (TPSA) is 95.8 Å². The van der Waals surface area contributed by atoms with E-state index in [-0.39, 0.29) is 11.6 Å². The second-order valence-electron chi connectivity index (χ2n) is 8.35. The first-order valence-corrected chi connectivity index (χ1v) is 10.6. The van der Waals surface area contributed by atoms with Gasteiger partial charge < -0.3 is 4.55 Å². The molecule has 7 nitrogen and oxygen atoms in total. The summed E-state index contributed by atoms with van der Waals surface area (Å²) >= 11 is -1.26. The van der Waals surface area contributed by atoms with Crippen LogP contribution in [0.5, 0.6) is 0 Å². The average molecular weight is 414 g/mol. The molecule has 0 radical (unpaired) electrons. The van der Waals surface area contributed by atoms with Crippen molar-refractivity contribution < 1.29 is 4.55 Å². The van der Waals surface area contributed by atoms with Gasteiger partial charge in [0.2, 0.25) is 0 Å². The Labute approximate surface area is 173 Å². The normalized spacial score (nSPS) is 14.2. The van der Waals surface area contributed by atoms with Gasteiger partial charge in [0, 0.05) is 36.4 Å². The molecule has 1 N–H and O–H groups in total. The predicted octanol–water partition coefficient (Wildman–Crippen LogP) is 3.12. The maximum absolute atomic E-state index is 13.1. The van der Waals surface area contributed by atoms with Crippen LogP contribution in [0.2, 0.25) is 0 Å². The van der Waals surface area contributed by atoms with Crippen molar-refractivity contribution in [2.75, 3.05) is 0 Å². The summed E-state index contributed by atoms with van der Waals surface area (Å²) in [5.41, 5.74) is 3.11. The SMILES string of the molecule is Cc1cnc(-c2nc3c([C@@H](C)N[S@+]([O-])C(C)(C)C)cc(C)cc3c(=O)n2C)nc1. The summed E-state index contributed by atoms with van der Waals surface area (Å²) in [5, 5.41) is 0.522. The van der Waals surface area contributed by atoms with Crippen LogP contribution in [0.1, 0.15) is 50.4 Å². The van der Waals surface area contributed by atoms with Gasteiger partial charge in [-0.3, -0.25) is 9.36 Å².